The number of guanidine groups is 1. The molecule has 0 aliphatic rings. The smallest absolute Gasteiger partial charge is 0.377 e. The highest BCUT2D eigenvalue weighted by Crippen LogP contribution is 2.15. The van der Waals surface area contributed by atoms with Crippen LogP contribution in [-0.4, -0.2) is 45.0 Å². The highest BCUT2D eigenvalue weighted by molar-refractivity contribution is 14.0. The van der Waals surface area contributed by atoms with Gasteiger partial charge in [-0.15, -0.1) is 24.0 Å². The topological polar surface area (TPSA) is 54.9 Å². The summed E-state index contributed by atoms with van der Waals surface area (Å²) in [4.78, 5) is 4.13. The van der Waals surface area contributed by atoms with Crippen molar-refractivity contribution in [3.05, 3.63) is 35.4 Å². The summed E-state index contributed by atoms with van der Waals surface area (Å²) in [5.41, 5.74) is 1.36. The van der Waals surface area contributed by atoms with Crippen LogP contribution in [0.2, 0.25) is 0 Å². The molecule has 0 aliphatic carbocycles. The minimum absolute atomic E-state index is 0. The standard InChI is InChI=1S/C17H26F3N3O2.HI/c1-16(2,24-4)11-23-15(21-3)22-9-13-5-7-14(8-6-13)10-25-12-17(18,19)20;/h5-8H,9-12H2,1-4H3,(H2,21,22,23);1H. The number of rotatable bonds is 8. The molecule has 9 heteroatoms. The van der Waals surface area contributed by atoms with Gasteiger partial charge < -0.3 is 20.1 Å². The average molecular weight is 489 g/mol. The Morgan fingerprint density at radius 3 is 2.15 bits per heavy atom. The molecule has 0 unspecified atom stereocenters. The largest absolute Gasteiger partial charge is 0.411 e. The molecule has 0 saturated heterocycles. The fraction of sp³-hybridized carbons (Fsp3) is 0.588. The number of nitrogens with one attached hydrogen (secondary N) is 2. The molecule has 5 nitrogen and oxygen atoms in total. The number of aliphatic imine (C=N–C) groups is 1. The lowest BCUT2D eigenvalue weighted by atomic mass is 10.1. The van der Waals surface area contributed by atoms with Gasteiger partial charge in [-0.2, -0.15) is 13.2 Å². The van der Waals surface area contributed by atoms with Crippen molar-refractivity contribution in [2.75, 3.05) is 27.3 Å². The molecular formula is C17H27F3IN3O2. The van der Waals surface area contributed by atoms with Crippen molar-refractivity contribution < 1.29 is 22.6 Å². The Labute approximate surface area is 169 Å². The molecular weight excluding hydrogens is 462 g/mol. The number of ether oxygens (including phenoxy) is 2. The van der Waals surface area contributed by atoms with Gasteiger partial charge in [-0.3, -0.25) is 4.99 Å². The molecule has 1 rings (SSSR count). The normalized spacial score (nSPS) is 12.5. The van der Waals surface area contributed by atoms with Gasteiger partial charge >= 0.3 is 6.18 Å². The molecule has 1 aromatic carbocycles. The number of hydrogen-bond donors (Lipinski definition) is 2. The summed E-state index contributed by atoms with van der Waals surface area (Å²) < 4.78 is 46.1. The van der Waals surface area contributed by atoms with Gasteiger partial charge in [-0.25, -0.2) is 0 Å². The lowest BCUT2D eigenvalue weighted by molar-refractivity contribution is -0.176. The number of nitrogens with zero attached hydrogens (tertiary/aromatic N) is 1. The van der Waals surface area contributed by atoms with Gasteiger partial charge in [-0.05, 0) is 25.0 Å². The van der Waals surface area contributed by atoms with Crippen molar-refractivity contribution in [2.45, 2.75) is 38.8 Å². The summed E-state index contributed by atoms with van der Waals surface area (Å²) >= 11 is 0. The Bertz CT molecular complexity index is 549. The molecule has 2 N–H and O–H groups in total. The van der Waals surface area contributed by atoms with Gasteiger partial charge in [0.05, 0.1) is 12.2 Å². The molecule has 0 amide bonds. The Morgan fingerprint density at radius 2 is 1.65 bits per heavy atom. The van der Waals surface area contributed by atoms with E-state index in [0.717, 1.165) is 5.56 Å². The Kier molecular flexibility index (Phi) is 11.1. The highest BCUT2D eigenvalue weighted by Gasteiger charge is 2.27. The molecule has 0 aromatic heterocycles. The van der Waals surface area contributed by atoms with Crippen LogP contribution in [0.5, 0.6) is 0 Å². The number of hydrogen-bond acceptors (Lipinski definition) is 3. The summed E-state index contributed by atoms with van der Waals surface area (Å²) in [5.74, 6) is 0.641. The molecule has 0 spiro atoms. The predicted octanol–water partition coefficient (Wildman–Crippen LogP) is 3.47. The third-order valence-electron chi connectivity index (χ3n) is 3.48. The minimum Gasteiger partial charge on any atom is -0.377 e. The molecule has 0 aliphatic heterocycles. The van der Waals surface area contributed by atoms with Crippen molar-refractivity contribution >= 4 is 29.9 Å². The second-order valence-corrected chi connectivity index (χ2v) is 6.17. The molecule has 0 saturated carbocycles. The van der Waals surface area contributed by atoms with Crippen molar-refractivity contribution in [2.24, 2.45) is 4.99 Å². The number of methoxy groups -OCH3 is 1. The maximum atomic E-state index is 12.0. The first-order valence-electron chi connectivity index (χ1n) is 7.87. The van der Waals surface area contributed by atoms with Crippen molar-refractivity contribution in [3.63, 3.8) is 0 Å². The van der Waals surface area contributed by atoms with Crippen LogP contribution in [0, 0.1) is 0 Å². The first-order valence-corrected chi connectivity index (χ1v) is 7.87. The van der Waals surface area contributed by atoms with Crippen LogP contribution in [-0.2, 0) is 22.6 Å². The van der Waals surface area contributed by atoms with Gasteiger partial charge in [-0.1, -0.05) is 24.3 Å². The first kappa shape index (κ1) is 24.9. The van der Waals surface area contributed by atoms with E-state index in [1.54, 1.807) is 26.3 Å². The van der Waals surface area contributed by atoms with Crippen LogP contribution >= 0.6 is 24.0 Å². The predicted molar refractivity (Wildman–Crippen MR) is 107 cm³/mol. The maximum Gasteiger partial charge on any atom is 0.411 e. The summed E-state index contributed by atoms with van der Waals surface area (Å²) in [7, 11) is 3.33. The second-order valence-electron chi connectivity index (χ2n) is 6.17. The van der Waals surface area contributed by atoms with Crippen LogP contribution in [0.4, 0.5) is 13.2 Å². The lowest BCUT2D eigenvalue weighted by Crippen LogP contribution is -2.45. The average Bonchev–Trinajstić information content (AvgIpc) is 2.55. The SMILES string of the molecule is CN=C(NCc1ccc(COCC(F)(F)F)cc1)NCC(C)(C)OC.I. The summed E-state index contributed by atoms with van der Waals surface area (Å²) in [6.07, 6.45) is -4.30. The van der Waals surface area contributed by atoms with Gasteiger partial charge in [0.15, 0.2) is 5.96 Å². The van der Waals surface area contributed by atoms with E-state index in [1.807, 2.05) is 26.0 Å². The van der Waals surface area contributed by atoms with Gasteiger partial charge in [0.2, 0.25) is 0 Å². The van der Waals surface area contributed by atoms with E-state index in [9.17, 15) is 13.2 Å². The monoisotopic (exact) mass is 489 g/mol. The molecule has 0 fully saturated rings. The quantitative estimate of drug-likeness (QED) is 0.334. The van der Waals surface area contributed by atoms with Crippen LogP contribution in [0.25, 0.3) is 0 Å². The zero-order chi connectivity index (χ0) is 18.9. The van der Waals surface area contributed by atoms with E-state index in [2.05, 4.69) is 20.4 Å². The van der Waals surface area contributed by atoms with E-state index in [-0.39, 0.29) is 36.2 Å². The lowest BCUT2D eigenvalue weighted by Gasteiger charge is -2.24. The third kappa shape index (κ3) is 10.8. The molecule has 0 radical (unpaired) electrons. The van der Waals surface area contributed by atoms with Crippen molar-refractivity contribution in [3.8, 4) is 0 Å². The second kappa shape index (κ2) is 11.6. The maximum absolute atomic E-state index is 12.0. The zero-order valence-corrected chi connectivity index (χ0v) is 17.8. The molecule has 1 aromatic rings. The Balaban J connectivity index is 0.00000625. The molecule has 0 atom stereocenters. The third-order valence-corrected chi connectivity index (χ3v) is 3.48. The molecule has 0 heterocycles. The van der Waals surface area contributed by atoms with E-state index in [4.69, 9.17) is 4.74 Å². The zero-order valence-electron chi connectivity index (χ0n) is 15.4. The fourth-order valence-electron chi connectivity index (χ4n) is 1.81. The van der Waals surface area contributed by atoms with E-state index >= 15 is 0 Å². The number of alkyl halides is 3. The Morgan fingerprint density at radius 1 is 1.08 bits per heavy atom. The molecule has 0 bridgehead atoms. The first-order chi connectivity index (χ1) is 11.6. The molecule has 150 valence electrons. The van der Waals surface area contributed by atoms with E-state index in [1.165, 1.54) is 0 Å². The van der Waals surface area contributed by atoms with Crippen LogP contribution < -0.4 is 10.6 Å². The van der Waals surface area contributed by atoms with Crippen molar-refractivity contribution in [1.82, 2.24) is 10.6 Å². The van der Waals surface area contributed by atoms with Gasteiger partial charge in [0, 0.05) is 27.2 Å². The van der Waals surface area contributed by atoms with Gasteiger partial charge in [0.1, 0.15) is 6.61 Å². The summed E-state index contributed by atoms with van der Waals surface area (Å²) in [5, 5.41) is 6.34. The number of halogens is 4. The highest BCUT2D eigenvalue weighted by atomic mass is 127. The van der Waals surface area contributed by atoms with Crippen LogP contribution in [0.15, 0.2) is 29.3 Å². The van der Waals surface area contributed by atoms with Gasteiger partial charge in [0.25, 0.3) is 0 Å². The summed E-state index contributed by atoms with van der Waals surface area (Å²) in [6.45, 7) is 3.76. The minimum atomic E-state index is -4.30. The van der Waals surface area contributed by atoms with E-state index in [0.29, 0.717) is 24.6 Å². The number of benzene rings is 1. The van der Waals surface area contributed by atoms with E-state index < -0.39 is 12.8 Å². The van der Waals surface area contributed by atoms with Crippen LogP contribution in [0.3, 0.4) is 0 Å². The fourth-order valence-corrected chi connectivity index (χ4v) is 1.81. The van der Waals surface area contributed by atoms with Crippen molar-refractivity contribution in [1.29, 1.82) is 0 Å². The summed E-state index contributed by atoms with van der Waals surface area (Å²) in [6, 6.07) is 7.17. The van der Waals surface area contributed by atoms with Crippen LogP contribution in [0.1, 0.15) is 25.0 Å². The Hall–Kier alpha value is -1.07. The molecule has 26 heavy (non-hydrogen) atoms.